The minimum atomic E-state index is 0.934. The van der Waals surface area contributed by atoms with Crippen LogP contribution in [-0.4, -0.2) is 10.7 Å². The van der Waals surface area contributed by atoms with Crippen molar-refractivity contribution in [3.05, 3.63) is 42.1 Å². The van der Waals surface area contributed by atoms with Gasteiger partial charge in [-0.2, -0.15) is 12.6 Å². The normalized spacial score (nSPS) is 10.6. The highest BCUT2D eigenvalue weighted by Gasteiger charge is 1.99. The van der Waals surface area contributed by atoms with E-state index in [2.05, 4.69) is 41.9 Å². The summed E-state index contributed by atoms with van der Waals surface area (Å²) in [6.45, 7) is 0. The molecule has 0 amide bonds. The summed E-state index contributed by atoms with van der Waals surface area (Å²) < 4.78 is 0. The summed E-state index contributed by atoms with van der Waals surface area (Å²) in [4.78, 5) is 4.41. The van der Waals surface area contributed by atoms with Crippen LogP contribution in [0.15, 0.2) is 36.5 Å². The summed E-state index contributed by atoms with van der Waals surface area (Å²) in [5.74, 6) is 0.934. The summed E-state index contributed by atoms with van der Waals surface area (Å²) in [5, 5.41) is 1.23. The zero-order valence-electron chi connectivity index (χ0n) is 7.98. The summed E-state index contributed by atoms with van der Waals surface area (Å²) in [5.41, 5.74) is 2.47. The fourth-order valence-electron chi connectivity index (χ4n) is 1.64. The Morgan fingerprint density at radius 3 is 2.86 bits per heavy atom. The molecule has 0 aliphatic carbocycles. The van der Waals surface area contributed by atoms with Crippen molar-refractivity contribution >= 4 is 23.5 Å². The Morgan fingerprint density at radius 1 is 1.14 bits per heavy atom. The number of thiol groups is 1. The molecule has 0 spiro atoms. The Hall–Kier alpha value is -1.02. The van der Waals surface area contributed by atoms with Crippen LogP contribution in [0.25, 0.3) is 10.9 Å². The molecule has 0 aliphatic heterocycles. The minimum absolute atomic E-state index is 0.934. The topological polar surface area (TPSA) is 12.9 Å². The van der Waals surface area contributed by atoms with E-state index in [1.807, 2.05) is 12.3 Å². The molecule has 0 fully saturated rings. The van der Waals surface area contributed by atoms with E-state index in [1.54, 1.807) is 0 Å². The van der Waals surface area contributed by atoms with Crippen molar-refractivity contribution in [2.24, 2.45) is 0 Å². The predicted molar refractivity (Wildman–Crippen MR) is 63.9 cm³/mol. The molecule has 2 heteroatoms. The second-order valence-corrected chi connectivity index (χ2v) is 3.77. The quantitative estimate of drug-likeness (QED) is 0.756. The van der Waals surface area contributed by atoms with Crippen molar-refractivity contribution in [2.75, 3.05) is 5.75 Å². The summed E-state index contributed by atoms with van der Waals surface area (Å²) >= 11 is 4.22. The summed E-state index contributed by atoms with van der Waals surface area (Å²) in [6.07, 6.45) is 4.03. The van der Waals surface area contributed by atoms with Crippen LogP contribution in [0, 0.1) is 0 Å². The fourth-order valence-corrected chi connectivity index (χ4v) is 1.80. The van der Waals surface area contributed by atoms with Crippen LogP contribution >= 0.6 is 12.6 Å². The number of pyridine rings is 1. The molecule has 0 saturated carbocycles. The Bertz CT molecular complexity index is 420. The molecule has 0 radical (unpaired) electrons. The molecule has 0 saturated heterocycles. The average molecular weight is 203 g/mol. The van der Waals surface area contributed by atoms with Gasteiger partial charge in [0.15, 0.2) is 0 Å². The third kappa shape index (κ3) is 1.90. The van der Waals surface area contributed by atoms with Gasteiger partial charge in [-0.25, -0.2) is 0 Å². The lowest BCUT2D eigenvalue weighted by Gasteiger charge is -2.03. The van der Waals surface area contributed by atoms with Crippen LogP contribution < -0.4 is 0 Å². The van der Waals surface area contributed by atoms with Crippen LogP contribution in [0.4, 0.5) is 0 Å². The maximum atomic E-state index is 4.41. The number of aromatic nitrogens is 1. The second-order valence-electron chi connectivity index (χ2n) is 3.32. The van der Waals surface area contributed by atoms with Gasteiger partial charge < -0.3 is 0 Å². The number of fused-ring (bicyclic) bond motifs is 1. The third-order valence-corrected chi connectivity index (χ3v) is 2.64. The van der Waals surface area contributed by atoms with Crippen LogP contribution in [0.2, 0.25) is 0 Å². The number of benzene rings is 1. The van der Waals surface area contributed by atoms with Gasteiger partial charge in [0.2, 0.25) is 0 Å². The molecule has 0 unspecified atom stereocenters. The van der Waals surface area contributed by atoms with Gasteiger partial charge in [-0.3, -0.25) is 4.98 Å². The first-order valence-electron chi connectivity index (χ1n) is 4.85. The largest absolute Gasteiger partial charge is 0.256 e. The number of hydrogen-bond donors (Lipinski definition) is 1. The van der Waals surface area contributed by atoms with Crippen molar-refractivity contribution in [1.82, 2.24) is 4.98 Å². The summed E-state index contributed by atoms with van der Waals surface area (Å²) in [6, 6.07) is 10.4. The molecule has 14 heavy (non-hydrogen) atoms. The van der Waals surface area contributed by atoms with E-state index in [0.717, 1.165) is 24.1 Å². The highest BCUT2D eigenvalue weighted by atomic mass is 32.1. The average Bonchev–Trinajstić information content (AvgIpc) is 2.26. The molecular formula is C12H13NS. The molecule has 1 aromatic carbocycles. The molecule has 0 atom stereocenters. The van der Waals surface area contributed by atoms with E-state index < -0.39 is 0 Å². The van der Waals surface area contributed by atoms with Crippen LogP contribution in [0.5, 0.6) is 0 Å². The second kappa shape index (κ2) is 4.47. The lowest BCUT2D eigenvalue weighted by atomic mass is 10.1. The van der Waals surface area contributed by atoms with Gasteiger partial charge in [0, 0.05) is 11.6 Å². The molecular weight excluding hydrogens is 190 g/mol. The van der Waals surface area contributed by atoms with Gasteiger partial charge >= 0.3 is 0 Å². The maximum absolute atomic E-state index is 4.41. The van der Waals surface area contributed by atoms with Crippen molar-refractivity contribution in [2.45, 2.75) is 12.8 Å². The molecule has 1 nitrogen and oxygen atoms in total. The lowest BCUT2D eigenvalue weighted by Crippen LogP contribution is -1.90. The number of rotatable bonds is 3. The van der Waals surface area contributed by atoms with Gasteiger partial charge in [-0.1, -0.05) is 24.3 Å². The van der Waals surface area contributed by atoms with Crippen LogP contribution in [0.1, 0.15) is 12.0 Å². The van der Waals surface area contributed by atoms with Gasteiger partial charge in [0.1, 0.15) is 0 Å². The number of para-hydroxylation sites is 1. The molecule has 2 aromatic rings. The zero-order valence-corrected chi connectivity index (χ0v) is 8.87. The number of nitrogens with zero attached hydrogens (tertiary/aromatic N) is 1. The monoisotopic (exact) mass is 203 g/mol. The van der Waals surface area contributed by atoms with Gasteiger partial charge in [0.25, 0.3) is 0 Å². The third-order valence-electron chi connectivity index (χ3n) is 2.32. The molecule has 2 rings (SSSR count). The van der Waals surface area contributed by atoms with Gasteiger partial charge in [0.05, 0.1) is 5.52 Å². The Labute approximate surface area is 89.6 Å². The van der Waals surface area contributed by atoms with Gasteiger partial charge in [-0.05, 0) is 30.2 Å². The van der Waals surface area contributed by atoms with E-state index >= 15 is 0 Å². The van der Waals surface area contributed by atoms with Crippen molar-refractivity contribution in [1.29, 1.82) is 0 Å². The first-order chi connectivity index (χ1) is 6.92. The molecule has 72 valence electrons. The highest BCUT2D eigenvalue weighted by Crippen LogP contribution is 2.17. The zero-order chi connectivity index (χ0) is 9.80. The van der Waals surface area contributed by atoms with E-state index in [4.69, 9.17) is 0 Å². The molecule has 1 aromatic heterocycles. The number of hydrogen-bond acceptors (Lipinski definition) is 2. The smallest absolute Gasteiger partial charge is 0.0733 e. The van der Waals surface area contributed by atoms with Gasteiger partial charge in [-0.15, -0.1) is 0 Å². The van der Waals surface area contributed by atoms with Crippen molar-refractivity contribution in [3.63, 3.8) is 0 Å². The van der Waals surface area contributed by atoms with E-state index in [-0.39, 0.29) is 0 Å². The Morgan fingerprint density at radius 2 is 2.00 bits per heavy atom. The minimum Gasteiger partial charge on any atom is -0.256 e. The standard InChI is InChI=1S/C12H13NS/c14-9-3-7-11-5-1-4-10-6-2-8-13-12(10)11/h1-2,4-6,8,14H,3,7,9H2. The van der Waals surface area contributed by atoms with E-state index in [1.165, 1.54) is 10.9 Å². The first-order valence-corrected chi connectivity index (χ1v) is 5.48. The molecule has 0 N–H and O–H groups in total. The van der Waals surface area contributed by atoms with E-state index in [9.17, 15) is 0 Å². The number of aryl methyl sites for hydroxylation is 1. The molecule has 1 heterocycles. The van der Waals surface area contributed by atoms with Crippen molar-refractivity contribution < 1.29 is 0 Å². The van der Waals surface area contributed by atoms with E-state index in [0.29, 0.717) is 0 Å². The van der Waals surface area contributed by atoms with Crippen LogP contribution in [0.3, 0.4) is 0 Å². The molecule has 0 bridgehead atoms. The maximum Gasteiger partial charge on any atom is 0.0733 e. The predicted octanol–water partition coefficient (Wildman–Crippen LogP) is 3.10. The lowest BCUT2D eigenvalue weighted by molar-refractivity contribution is 0.941. The molecule has 0 aliphatic rings. The summed E-state index contributed by atoms with van der Waals surface area (Å²) in [7, 11) is 0. The SMILES string of the molecule is SCCCc1cccc2cccnc12. The van der Waals surface area contributed by atoms with Crippen molar-refractivity contribution in [3.8, 4) is 0 Å². The highest BCUT2D eigenvalue weighted by molar-refractivity contribution is 7.80. The Balaban J connectivity index is 2.43. The Kier molecular flexibility index (Phi) is 3.04. The fraction of sp³-hybridized carbons (Fsp3) is 0.250. The first kappa shape index (κ1) is 9.53. The van der Waals surface area contributed by atoms with Crippen LogP contribution in [-0.2, 0) is 6.42 Å².